The molecule has 0 radical (unpaired) electrons. The predicted molar refractivity (Wildman–Crippen MR) is 94.3 cm³/mol. The van der Waals surface area contributed by atoms with E-state index in [-0.39, 0.29) is 23.6 Å². The number of benzene rings is 2. The van der Waals surface area contributed by atoms with Crippen molar-refractivity contribution in [1.29, 1.82) is 0 Å². The first-order chi connectivity index (χ1) is 13.1. The summed E-state index contributed by atoms with van der Waals surface area (Å²) in [6.45, 7) is 0.584. The minimum atomic E-state index is -4.47. The van der Waals surface area contributed by atoms with Crippen LogP contribution in [0.25, 0.3) is 0 Å². The number of halogens is 3. The van der Waals surface area contributed by atoms with Gasteiger partial charge in [-0.25, -0.2) is 4.79 Å². The molecule has 0 aromatic heterocycles. The Hall–Kier alpha value is -3.36. The number of esters is 1. The molecule has 0 atom stereocenters. The predicted octanol–water partition coefficient (Wildman–Crippen LogP) is 3.14. The zero-order chi connectivity index (χ0) is 20.7. The number of rotatable bonds is 6. The van der Waals surface area contributed by atoms with Crippen LogP contribution in [-0.4, -0.2) is 24.4 Å². The standard InChI is InChI=1S/C19H17F3N2O4/c1-12(25)24-16-7-3-5-14(9-16)18(27)28-11-17(26)23-10-13-4-2-6-15(8-13)19(20,21)22/h2-9H,10-11H2,1H3,(H,23,26)(H,24,25). The molecule has 0 aliphatic rings. The summed E-state index contributed by atoms with van der Waals surface area (Å²) in [4.78, 5) is 34.8. The lowest BCUT2D eigenvalue weighted by atomic mass is 10.1. The highest BCUT2D eigenvalue weighted by Crippen LogP contribution is 2.29. The Morgan fingerprint density at radius 2 is 1.75 bits per heavy atom. The number of hydrogen-bond acceptors (Lipinski definition) is 4. The van der Waals surface area contributed by atoms with Gasteiger partial charge in [0.2, 0.25) is 5.91 Å². The summed E-state index contributed by atoms with van der Waals surface area (Å²) >= 11 is 0. The SMILES string of the molecule is CC(=O)Nc1cccc(C(=O)OCC(=O)NCc2cccc(C(F)(F)F)c2)c1. The summed E-state index contributed by atoms with van der Waals surface area (Å²) in [5, 5.41) is 4.89. The van der Waals surface area contributed by atoms with Gasteiger partial charge >= 0.3 is 12.1 Å². The highest BCUT2D eigenvalue weighted by molar-refractivity contribution is 5.94. The van der Waals surface area contributed by atoms with Crippen LogP contribution in [0.1, 0.15) is 28.4 Å². The van der Waals surface area contributed by atoms with Crippen molar-refractivity contribution in [1.82, 2.24) is 5.32 Å². The summed E-state index contributed by atoms with van der Waals surface area (Å²) in [6, 6.07) is 10.5. The molecule has 148 valence electrons. The maximum atomic E-state index is 12.7. The molecule has 2 N–H and O–H groups in total. The van der Waals surface area contributed by atoms with Gasteiger partial charge in [0.05, 0.1) is 11.1 Å². The molecule has 0 aliphatic heterocycles. The van der Waals surface area contributed by atoms with E-state index in [0.717, 1.165) is 12.1 Å². The van der Waals surface area contributed by atoms with Gasteiger partial charge in [-0.15, -0.1) is 0 Å². The first-order valence-corrected chi connectivity index (χ1v) is 8.13. The molecule has 0 bridgehead atoms. The Bertz CT molecular complexity index is 881. The Kier molecular flexibility index (Phi) is 6.75. The largest absolute Gasteiger partial charge is 0.452 e. The quantitative estimate of drug-likeness (QED) is 0.738. The third kappa shape index (κ3) is 6.42. The molecule has 0 fully saturated rings. The summed E-state index contributed by atoms with van der Waals surface area (Å²) in [5.74, 6) is -1.75. The lowest BCUT2D eigenvalue weighted by Gasteiger charge is -2.10. The van der Waals surface area contributed by atoms with Gasteiger partial charge in [0.15, 0.2) is 6.61 Å². The molecular formula is C19H17F3N2O4. The second kappa shape index (κ2) is 9.03. The molecule has 0 heterocycles. The topological polar surface area (TPSA) is 84.5 Å². The number of alkyl halides is 3. The van der Waals surface area contributed by atoms with Gasteiger partial charge in [0, 0.05) is 19.2 Å². The van der Waals surface area contributed by atoms with Crippen molar-refractivity contribution >= 4 is 23.5 Å². The van der Waals surface area contributed by atoms with E-state index in [1.54, 1.807) is 6.07 Å². The number of nitrogens with one attached hydrogen (secondary N) is 2. The molecule has 2 aromatic rings. The molecule has 0 saturated heterocycles. The van der Waals surface area contributed by atoms with Crippen molar-refractivity contribution in [2.75, 3.05) is 11.9 Å². The highest BCUT2D eigenvalue weighted by Gasteiger charge is 2.30. The minimum absolute atomic E-state index is 0.136. The Labute approximate surface area is 158 Å². The molecule has 0 spiro atoms. The Balaban J connectivity index is 1.86. The van der Waals surface area contributed by atoms with E-state index in [1.165, 1.54) is 37.3 Å². The van der Waals surface area contributed by atoms with E-state index >= 15 is 0 Å². The zero-order valence-electron chi connectivity index (χ0n) is 14.8. The van der Waals surface area contributed by atoms with Crippen LogP contribution in [0.3, 0.4) is 0 Å². The van der Waals surface area contributed by atoms with Crippen LogP contribution in [-0.2, 0) is 27.0 Å². The van der Waals surface area contributed by atoms with Crippen LogP contribution in [0.5, 0.6) is 0 Å². The van der Waals surface area contributed by atoms with Crippen LogP contribution in [0, 0.1) is 0 Å². The van der Waals surface area contributed by atoms with Crippen molar-refractivity contribution in [2.45, 2.75) is 19.6 Å². The van der Waals surface area contributed by atoms with Crippen LogP contribution in [0.4, 0.5) is 18.9 Å². The average molecular weight is 394 g/mol. The van der Waals surface area contributed by atoms with Crippen LogP contribution in [0.15, 0.2) is 48.5 Å². The molecule has 9 heteroatoms. The maximum Gasteiger partial charge on any atom is 0.416 e. The molecule has 28 heavy (non-hydrogen) atoms. The van der Waals surface area contributed by atoms with E-state index in [4.69, 9.17) is 4.74 Å². The Morgan fingerprint density at radius 3 is 2.43 bits per heavy atom. The van der Waals surface area contributed by atoms with Gasteiger partial charge in [-0.2, -0.15) is 13.2 Å². The minimum Gasteiger partial charge on any atom is -0.452 e. The Morgan fingerprint density at radius 1 is 1.04 bits per heavy atom. The molecule has 2 rings (SSSR count). The summed E-state index contributed by atoms with van der Waals surface area (Å²) < 4.78 is 42.9. The van der Waals surface area contributed by atoms with Crippen molar-refractivity contribution in [3.8, 4) is 0 Å². The fraction of sp³-hybridized carbons (Fsp3) is 0.211. The maximum absolute atomic E-state index is 12.7. The smallest absolute Gasteiger partial charge is 0.416 e. The molecule has 2 amide bonds. The monoisotopic (exact) mass is 394 g/mol. The highest BCUT2D eigenvalue weighted by atomic mass is 19.4. The molecule has 6 nitrogen and oxygen atoms in total. The third-order valence-corrected chi connectivity index (χ3v) is 3.50. The van der Waals surface area contributed by atoms with Gasteiger partial charge in [-0.05, 0) is 35.9 Å². The van der Waals surface area contributed by atoms with Crippen molar-refractivity contribution in [3.05, 3.63) is 65.2 Å². The third-order valence-electron chi connectivity index (χ3n) is 3.50. The van der Waals surface area contributed by atoms with E-state index < -0.39 is 30.2 Å². The number of hydrogen-bond donors (Lipinski definition) is 2. The summed E-state index contributed by atoms with van der Waals surface area (Å²) in [5.41, 5.74) is -0.0184. The lowest BCUT2D eigenvalue weighted by Crippen LogP contribution is -2.28. The number of carbonyl (C=O) groups excluding carboxylic acids is 3. The van der Waals surface area contributed by atoms with Crippen molar-refractivity contribution < 1.29 is 32.3 Å². The van der Waals surface area contributed by atoms with E-state index in [9.17, 15) is 27.6 Å². The number of carbonyl (C=O) groups is 3. The fourth-order valence-corrected chi connectivity index (χ4v) is 2.25. The second-order valence-corrected chi connectivity index (χ2v) is 5.81. The summed E-state index contributed by atoms with van der Waals surface area (Å²) in [6.07, 6.45) is -4.47. The van der Waals surface area contributed by atoms with Gasteiger partial charge in [-0.1, -0.05) is 18.2 Å². The normalized spacial score (nSPS) is 10.9. The average Bonchev–Trinajstić information content (AvgIpc) is 2.63. The van der Waals surface area contributed by atoms with Gasteiger partial charge in [0.1, 0.15) is 0 Å². The van der Waals surface area contributed by atoms with Crippen LogP contribution in [0.2, 0.25) is 0 Å². The molecular weight excluding hydrogens is 377 g/mol. The molecule has 0 aliphatic carbocycles. The second-order valence-electron chi connectivity index (χ2n) is 5.81. The van der Waals surface area contributed by atoms with Crippen LogP contribution >= 0.6 is 0 Å². The van der Waals surface area contributed by atoms with Gasteiger partial charge in [0.25, 0.3) is 5.91 Å². The van der Waals surface area contributed by atoms with Crippen molar-refractivity contribution in [3.63, 3.8) is 0 Å². The van der Waals surface area contributed by atoms with Gasteiger partial charge in [-0.3, -0.25) is 9.59 Å². The van der Waals surface area contributed by atoms with Gasteiger partial charge < -0.3 is 15.4 Å². The van der Waals surface area contributed by atoms with Crippen LogP contribution < -0.4 is 10.6 Å². The number of ether oxygens (including phenoxy) is 1. The number of amides is 2. The van der Waals surface area contributed by atoms with E-state index in [1.807, 2.05) is 0 Å². The molecule has 0 saturated carbocycles. The van der Waals surface area contributed by atoms with Crippen molar-refractivity contribution in [2.24, 2.45) is 0 Å². The lowest BCUT2D eigenvalue weighted by molar-refractivity contribution is -0.137. The zero-order valence-corrected chi connectivity index (χ0v) is 14.8. The first kappa shape index (κ1) is 20.9. The number of anilines is 1. The molecule has 0 unspecified atom stereocenters. The van der Waals surface area contributed by atoms with E-state index in [2.05, 4.69) is 10.6 Å². The van der Waals surface area contributed by atoms with E-state index in [0.29, 0.717) is 5.69 Å². The fourth-order valence-electron chi connectivity index (χ4n) is 2.25. The molecule has 2 aromatic carbocycles. The summed E-state index contributed by atoms with van der Waals surface area (Å²) in [7, 11) is 0. The first-order valence-electron chi connectivity index (χ1n) is 8.13.